The molecule has 0 aliphatic heterocycles. The summed E-state index contributed by atoms with van der Waals surface area (Å²) in [5, 5.41) is 15.4. The van der Waals surface area contributed by atoms with E-state index in [1.54, 1.807) is 12.1 Å². The molecule has 19 nitrogen and oxygen atoms in total. The number of rotatable bonds is 14. The van der Waals surface area contributed by atoms with Gasteiger partial charge in [0.15, 0.2) is 0 Å². The van der Waals surface area contributed by atoms with Crippen molar-refractivity contribution in [1.29, 1.82) is 0 Å². The van der Waals surface area contributed by atoms with Crippen LogP contribution in [0.4, 0.5) is 44.5 Å². The van der Waals surface area contributed by atoms with E-state index in [1.807, 2.05) is 60.7 Å². The van der Waals surface area contributed by atoms with E-state index in [-0.39, 0.29) is 70.9 Å². The van der Waals surface area contributed by atoms with Crippen LogP contribution in [-0.4, -0.2) is 60.7 Å². The summed E-state index contributed by atoms with van der Waals surface area (Å²) in [4.78, 5) is 98.2. The molecule has 7 aromatic rings. The summed E-state index contributed by atoms with van der Waals surface area (Å²) in [5.74, 6) is -2.22. The minimum absolute atomic E-state index is 0.0463. The molecular weight excluding hydrogens is 823 g/mol. The molecule has 2 aromatic carbocycles. The van der Waals surface area contributed by atoms with E-state index in [2.05, 4.69) is 56.8 Å². The predicted molar refractivity (Wildman–Crippen MR) is 233 cm³/mol. The fourth-order valence-corrected chi connectivity index (χ4v) is 5.55. The van der Waals surface area contributed by atoms with E-state index in [1.165, 1.54) is 78.9 Å². The van der Waals surface area contributed by atoms with Gasteiger partial charge in [0.25, 0.3) is 23.6 Å². The third-order valence-electron chi connectivity index (χ3n) is 8.53. The van der Waals surface area contributed by atoms with E-state index >= 15 is 0 Å². The molecule has 0 aliphatic carbocycles. The SMILES string of the molecule is O=C(Nc1cccc(NC(=O)c2cccc(C(=O)Nc3cccc(NC(=O)c4cccc(C(=O)Nc5cccc(NC(=O)OCc6ccccc6)n5)n4)n3)n2)n1)OCc1ccccc1. The molecule has 0 saturated heterocycles. The lowest BCUT2D eigenvalue weighted by molar-refractivity contribution is 0.0998. The number of hydrogen-bond donors (Lipinski definition) is 6. The normalized spacial score (nSPS) is 10.4. The highest BCUT2D eigenvalue weighted by atomic mass is 16.6. The van der Waals surface area contributed by atoms with Crippen molar-refractivity contribution in [3.8, 4) is 0 Å². The number of nitrogens with zero attached hydrogens (tertiary/aromatic N) is 5. The van der Waals surface area contributed by atoms with E-state index in [0.717, 1.165) is 11.1 Å². The Bertz CT molecular complexity index is 2640. The van der Waals surface area contributed by atoms with E-state index in [9.17, 15) is 28.8 Å². The number of ether oxygens (including phenoxy) is 2. The Morgan fingerprint density at radius 2 is 0.578 bits per heavy atom. The first kappa shape index (κ1) is 42.7. The standard InChI is InChI=1S/C45H35N11O8/c57-40(30-16-7-18-32(46-30)42(59)53-36-22-10-24-38(49-36)55-44(61)63-26-28-12-3-1-4-13-28)51-34-20-9-21-35(48-34)52-41(58)31-17-8-19-33(47-31)43(60)54-37-23-11-25-39(50-37)56-45(62)64-27-29-14-5-2-6-15-29/h1-25H,26-27H2,(H2,48,51,52,57,58)(H2,49,53,55,59,61)(H2,50,54,56,60,62). The van der Waals surface area contributed by atoms with Gasteiger partial charge < -0.3 is 30.7 Å². The Labute approximate surface area is 363 Å². The van der Waals surface area contributed by atoms with Crippen LogP contribution >= 0.6 is 0 Å². The maximum Gasteiger partial charge on any atom is 0.413 e. The third kappa shape index (κ3) is 12.3. The maximum absolute atomic E-state index is 13.2. The molecule has 318 valence electrons. The number of nitrogens with one attached hydrogen (secondary N) is 6. The summed E-state index contributed by atoms with van der Waals surface area (Å²) in [5.41, 5.74) is 1.17. The van der Waals surface area contributed by atoms with Crippen molar-refractivity contribution in [2.75, 3.05) is 31.9 Å². The average Bonchev–Trinajstić information content (AvgIpc) is 3.31. The molecule has 19 heteroatoms. The van der Waals surface area contributed by atoms with E-state index in [0.29, 0.717) is 0 Å². The molecule has 0 bridgehead atoms. The summed E-state index contributed by atoms with van der Waals surface area (Å²) in [6, 6.07) is 40.5. The number of anilines is 6. The first-order valence-electron chi connectivity index (χ1n) is 19.2. The van der Waals surface area contributed by atoms with Crippen LogP contribution in [-0.2, 0) is 22.7 Å². The van der Waals surface area contributed by atoms with Gasteiger partial charge in [-0.25, -0.2) is 34.5 Å². The van der Waals surface area contributed by atoms with Gasteiger partial charge in [0.1, 0.15) is 70.9 Å². The summed E-state index contributed by atoms with van der Waals surface area (Å²) in [6.07, 6.45) is -1.47. The molecule has 5 aromatic heterocycles. The summed E-state index contributed by atoms with van der Waals surface area (Å²) in [6.45, 7) is 0.116. The van der Waals surface area contributed by atoms with Gasteiger partial charge in [-0.05, 0) is 71.8 Å². The second-order valence-corrected chi connectivity index (χ2v) is 13.2. The monoisotopic (exact) mass is 857 g/mol. The van der Waals surface area contributed by atoms with Crippen molar-refractivity contribution < 1.29 is 38.2 Å². The van der Waals surface area contributed by atoms with Gasteiger partial charge in [-0.1, -0.05) is 91.0 Å². The summed E-state index contributed by atoms with van der Waals surface area (Å²) < 4.78 is 10.4. The number of pyridine rings is 5. The Hall–Kier alpha value is -9.39. The zero-order valence-electron chi connectivity index (χ0n) is 33.4. The van der Waals surface area contributed by atoms with Crippen molar-refractivity contribution in [2.45, 2.75) is 13.2 Å². The van der Waals surface area contributed by atoms with Gasteiger partial charge in [-0.2, -0.15) is 0 Å². The summed E-state index contributed by atoms with van der Waals surface area (Å²) >= 11 is 0. The fraction of sp³-hybridized carbons (Fsp3) is 0.0444. The predicted octanol–water partition coefficient (Wildman–Crippen LogP) is 7.17. The van der Waals surface area contributed by atoms with Gasteiger partial charge in [-0.3, -0.25) is 29.8 Å². The van der Waals surface area contributed by atoms with E-state index < -0.39 is 35.8 Å². The van der Waals surface area contributed by atoms with Crippen LogP contribution in [0.3, 0.4) is 0 Å². The third-order valence-corrected chi connectivity index (χ3v) is 8.53. The topological polar surface area (TPSA) is 258 Å². The zero-order valence-corrected chi connectivity index (χ0v) is 33.4. The lowest BCUT2D eigenvalue weighted by Crippen LogP contribution is -2.21. The highest BCUT2D eigenvalue weighted by molar-refractivity contribution is 6.07. The van der Waals surface area contributed by atoms with Crippen LogP contribution in [0.15, 0.2) is 152 Å². The van der Waals surface area contributed by atoms with Gasteiger partial charge in [0.2, 0.25) is 0 Å². The highest BCUT2D eigenvalue weighted by Gasteiger charge is 2.17. The van der Waals surface area contributed by atoms with Gasteiger partial charge in [-0.15, -0.1) is 0 Å². The van der Waals surface area contributed by atoms with Crippen LogP contribution in [0.25, 0.3) is 0 Å². The first-order valence-corrected chi connectivity index (χ1v) is 19.2. The molecule has 0 spiro atoms. The van der Waals surface area contributed by atoms with E-state index in [4.69, 9.17) is 9.47 Å². The molecule has 7 rings (SSSR count). The molecule has 6 N–H and O–H groups in total. The van der Waals surface area contributed by atoms with Crippen LogP contribution in [0, 0.1) is 0 Å². The number of hydrogen-bond acceptors (Lipinski definition) is 13. The minimum atomic E-state index is -0.735. The maximum atomic E-state index is 13.2. The first-order chi connectivity index (χ1) is 31.1. The molecule has 0 saturated carbocycles. The van der Waals surface area contributed by atoms with Crippen molar-refractivity contribution >= 4 is 70.7 Å². The van der Waals surface area contributed by atoms with Crippen molar-refractivity contribution in [3.05, 3.63) is 186 Å². The molecule has 5 heterocycles. The van der Waals surface area contributed by atoms with Gasteiger partial charge in [0, 0.05) is 0 Å². The molecular formula is C45H35N11O8. The molecule has 6 amide bonds. The second kappa shape index (κ2) is 20.7. The molecule has 0 radical (unpaired) electrons. The highest BCUT2D eigenvalue weighted by Crippen LogP contribution is 2.16. The Kier molecular flexibility index (Phi) is 13.8. The number of amides is 6. The van der Waals surface area contributed by atoms with Gasteiger partial charge in [0.05, 0.1) is 0 Å². The number of aromatic nitrogens is 5. The Morgan fingerprint density at radius 1 is 0.312 bits per heavy atom. The number of carbonyl (C=O) groups excluding carboxylic acids is 6. The largest absolute Gasteiger partial charge is 0.444 e. The number of carbonyl (C=O) groups is 6. The fourth-order valence-electron chi connectivity index (χ4n) is 5.55. The summed E-state index contributed by atoms with van der Waals surface area (Å²) in [7, 11) is 0. The molecule has 0 fully saturated rings. The second-order valence-electron chi connectivity index (χ2n) is 13.2. The molecule has 64 heavy (non-hydrogen) atoms. The molecule has 0 aliphatic rings. The lowest BCUT2D eigenvalue weighted by atomic mass is 10.2. The average molecular weight is 858 g/mol. The van der Waals surface area contributed by atoms with Crippen molar-refractivity contribution in [2.24, 2.45) is 0 Å². The van der Waals surface area contributed by atoms with Crippen LogP contribution < -0.4 is 31.9 Å². The quantitative estimate of drug-likeness (QED) is 0.0635. The van der Waals surface area contributed by atoms with Crippen molar-refractivity contribution in [1.82, 2.24) is 24.9 Å². The number of benzene rings is 2. The Balaban J connectivity index is 0.904. The van der Waals surface area contributed by atoms with Crippen LogP contribution in [0.5, 0.6) is 0 Å². The van der Waals surface area contributed by atoms with Crippen LogP contribution in [0.2, 0.25) is 0 Å². The van der Waals surface area contributed by atoms with Crippen LogP contribution in [0.1, 0.15) is 53.1 Å². The smallest absolute Gasteiger partial charge is 0.413 e. The lowest BCUT2D eigenvalue weighted by Gasteiger charge is -2.10. The van der Waals surface area contributed by atoms with Crippen molar-refractivity contribution in [3.63, 3.8) is 0 Å². The zero-order chi connectivity index (χ0) is 44.7. The Morgan fingerprint density at radius 3 is 0.875 bits per heavy atom. The molecule has 0 atom stereocenters. The minimum Gasteiger partial charge on any atom is -0.444 e. The molecule has 0 unspecified atom stereocenters. The van der Waals surface area contributed by atoms with Gasteiger partial charge >= 0.3 is 12.2 Å².